The van der Waals surface area contributed by atoms with Crippen LogP contribution in [0.3, 0.4) is 0 Å². The topological polar surface area (TPSA) is 61.4 Å². The maximum atomic E-state index is 12.9. The van der Waals surface area contributed by atoms with Crippen molar-refractivity contribution in [2.45, 2.75) is 44.9 Å². The molecular formula is C17H17F3N6. The summed E-state index contributed by atoms with van der Waals surface area (Å²) in [7, 11) is 0. The first-order valence-electron chi connectivity index (χ1n) is 8.49. The van der Waals surface area contributed by atoms with E-state index in [2.05, 4.69) is 25.1 Å². The Morgan fingerprint density at radius 3 is 2.77 bits per heavy atom. The minimum absolute atomic E-state index is 0.381. The third-order valence-corrected chi connectivity index (χ3v) is 4.51. The van der Waals surface area contributed by atoms with Crippen LogP contribution in [0.1, 0.15) is 36.5 Å². The molecule has 0 bridgehead atoms. The highest BCUT2D eigenvalue weighted by Gasteiger charge is 2.30. The Morgan fingerprint density at radius 2 is 1.92 bits per heavy atom. The minimum atomic E-state index is -4.38. The standard InChI is InChI=1S/C17H17F3N6/c18-17(19,20)13-6-4-5-12(9-13)14-10-25(24-21-14)11-16-23-22-15-7-2-1-3-8-26(15)16/h4-6,9-10H,1-3,7-8,11H2. The molecule has 4 rings (SSSR count). The third kappa shape index (κ3) is 3.33. The SMILES string of the molecule is FC(F)(F)c1cccc(-c2cn(Cc3nnc4n3CCCCC4)nn2)c1. The van der Waals surface area contributed by atoms with Crippen molar-refractivity contribution in [2.24, 2.45) is 0 Å². The van der Waals surface area contributed by atoms with Crippen LogP contribution in [0.2, 0.25) is 0 Å². The fourth-order valence-electron chi connectivity index (χ4n) is 3.17. The van der Waals surface area contributed by atoms with Gasteiger partial charge in [0.2, 0.25) is 0 Å². The Hall–Kier alpha value is -2.71. The lowest BCUT2D eigenvalue weighted by molar-refractivity contribution is -0.137. The molecule has 136 valence electrons. The van der Waals surface area contributed by atoms with Gasteiger partial charge in [0.05, 0.1) is 11.8 Å². The Labute approximate surface area is 147 Å². The van der Waals surface area contributed by atoms with Gasteiger partial charge in [0.25, 0.3) is 0 Å². The van der Waals surface area contributed by atoms with Crippen LogP contribution >= 0.6 is 0 Å². The molecule has 1 aliphatic heterocycles. The fraction of sp³-hybridized carbons (Fsp3) is 0.412. The van der Waals surface area contributed by atoms with Crippen molar-refractivity contribution < 1.29 is 13.2 Å². The van der Waals surface area contributed by atoms with E-state index in [-0.39, 0.29) is 0 Å². The van der Waals surface area contributed by atoms with Gasteiger partial charge >= 0.3 is 6.18 Å². The van der Waals surface area contributed by atoms with Crippen LogP contribution in [0.4, 0.5) is 13.2 Å². The first-order valence-corrected chi connectivity index (χ1v) is 8.49. The number of rotatable bonds is 3. The number of fused-ring (bicyclic) bond motifs is 1. The summed E-state index contributed by atoms with van der Waals surface area (Å²) in [6, 6.07) is 5.08. The molecule has 3 heterocycles. The van der Waals surface area contributed by atoms with E-state index in [1.165, 1.54) is 12.5 Å². The molecule has 3 aromatic rings. The van der Waals surface area contributed by atoms with Crippen LogP contribution in [0.15, 0.2) is 30.5 Å². The van der Waals surface area contributed by atoms with Gasteiger partial charge < -0.3 is 4.57 Å². The number of aryl methyl sites for hydroxylation is 1. The second kappa shape index (κ2) is 6.54. The number of halogens is 3. The van der Waals surface area contributed by atoms with Crippen LogP contribution in [0.5, 0.6) is 0 Å². The normalized spacial score (nSPS) is 14.9. The van der Waals surface area contributed by atoms with Gasteiger partial charge in [0.15, 0.2) is 5.82 Å². The number of hydrogen-bond donors (Lipinski definition) is 0. The van der Waals surface area contributed by atoms with Crippen molar-refractivity contribution in [1.29, 1.82) is 0 Å². The molecule has 0 atom stereocenters. The molecule has 0 fully saturated rings. The molecule has 0 unspecified atom stereocenters. The molecule has 0 saturated heterocycles. The molecule has 9 heteroatoms. The van der Waals surface area contributed by atoms with Gasteiger partial charge in [-0.1, -0.05) is 23.8 Å². The van der Waals surface area contributed by atoms with E-state index in [4.69, 9.17) is 0 Å². The van der Waals surface area contributed by atoms with Crippen LogP contribution in [0.25, 0.3) is 11.3 Å². The van der Waals surface area contributed by atoms with Gasteiger partial charge in [-0.25, -0.2) is 4.68 Å². The highest BCUT2D eigenvalue weighted by Crippen LogP contribution is 2.31. The van der Waals surface area contributed by atoms with Gasteiger partial charge in [0, 0.05) is 18.5 Å². The van der Waals surface area contributed by atoms with E-state index >= 15 is 0 Å². The number of benzene rings is 1. The number of alkyl halides is 3. The van der Waals surface area contributed by atoms with Crippen molar-refractivity contribution in [1.82, 2.24) is 29.8 Å². The summed E-state index contributed by atoms with van der Waals surface area (Å²) in [5.74, 6) is 1.78. The lowest BCUT2D eigenvalue weighted by Crippen LogP contribution is -2.10. The molecule has 0 radical (unpaired) electrons. The van der Waals surface area contributed by atoms with Gasteiger partial charge in [-0.15, -0.1) is 15.3 Å². The molecule has 0 saturated carbocycles. The Kier molecular flexibility index (Phi) is 4.21. The second-order valence-electron chi connectivity index (χ2n) is 6.37. The molecule has 1 aromatic carbocycles. The number of nitrogens with zero attached hydrogens (tertiary/aromatic N) is 6. The molecule has 6 nitrogen and oxygen atoms in total. The number of aromatic nitrogens is 6. The average molecular weight is 362 g/mol. The van der Waals surface area contributed by atoms with Crippen molar-refractivity contribution in [2.75, 3.05) is 0 Å². The van der Waals surface area contributed by atoms with Crippen LogP contribution in [0, 0.1) is 0 Å². The van der Waals surface area contributed by atoms with Crippen LogP contribution < -0.4 is 0 Å². The average Bonchev–Trinajstić information content (AvgIpc) is 3.16. The monoisotopic (exact) mass is 362 g/mol. The molecule has 2 aromatic heterocycles. The molecule has 0 aliphatic carbocycles. The van der Waals surface area contributed by atoms with Crippen molar-refractivity contribution >= 4 is 0 Å². The summed E-state index contributed by atoms with van der Waals surface area (Å²) in [4.78, 5) is 0. The lowest BCUT2D eigenvalue weighted by atomic mass is 10.1. The quantitative estimate of drug-likeness (QED) is 0.717. The van der Waals surface area contributed by atoms with E-state index in [0.29, 0.717) is 17.8 Å². The predicted octanol–water partition coefficient (Wildman–Crippen LogP) is 3.33. The summed E-state index contributed by atoms with van der Waals surface area (Å²) in [5, 5.41) is 16.5. The van der Waals surface area contributed by atoms with E-state index in [9.17, 15) is 13.2 Å². The highest BCUT2D eigenvalue weighted by atomic mass is 19.4. The Balaban J connectivity index is 1.57. The summed E-state index contributed by atoms with van der Waals surface area (Å²) in [6.45, 7) is 1.27. The van der Waals surface area contributed by atoms with Crippen LogP contribution in [-0.4, -0.2) is 29.8 Å². The molecule has 1 aliphatic rings. The molecule has 26 heavy (non-hydrogen) atoms. The Morgan fingerprint density at radius 1 is 1.04 bits per heavy atom. The third-order valence-electron chi connectivity index (χ3n) is 4.51. The van der Waals surface area contributed by atoms with Crippen molar-refractivity contribution in [3.8, 4) is 11.3 Å². The summed E-state index contributed by atoms with van der Waals surface area (Å²) < 4.78 is 42.3. The molecule has 0 amide bonds. The van der Waals surface area contributed by atoms with E-state index in [1.807, 2.05) is 0 Å². The zero-order valence-electron chi connectivity index (χ0n) is 13.9. The first-order chi connectivity index (χ1) is 12.5. The van der Waals surface area contributed by atoms with Gasteiger partial charge in [-0.05, 0) is 25.0 Å². The largest absolute Gasteiger partial charge is 0.416 e. The molecule has 0 N–H and O–H groups in total. The zero-order valence-corrected chi connectivity index (χ0v) is 13.9. The van der Waals surface area contributed by atoms with Gasteiger partial charge in [-0.2, -0.15) is 13.2 Å². The summed E-state index contributed by atoms with van der Waals surface area (Å²) in [5.41, 5.74) is 0.0742. The minimum Gasteiger partial charge on any atom is -0.313 e. The van der Waals surface area contributed by atoms with Crippen molar-refractivity contribution in [3.63, 3.8) is 0 Å². The van der Waals surface area contributed by atoms with E-state index in [1.54, 1.807) is 16.9 Å². The molecular weight excluding hydrogens is 345 g/mol. The van der Waals surface area contributed by atoms with E-state index < -0.39 is 11.7 Å². The predicted molar refractivity (Wildman–Crippen MR) is 87.1 cm³/mol. The second-order valence-corrected chi connectivity index (χ2v) is 6.37. The lowest BCUT2D eigenvalue weighted by Gasteiger charge is -2.07. The first kappa shape index (κ1) is 16.7. The smallest absolute Gasteiger partial charge is 0.313 e. The summed E-state index contributed by atoms with van der Waals surface area (Å²) >= 11 is 0. The summed E-state index contributed by atoms with van der Waals surface area (Å²) in [6.07, 6.45) is 1.54. The van der Waals surface area contributed by atoms with Crippen molar-refractivity contribution in [3.05, 3.63) is 47.7 Å². The fourth-order valence-corrected chi connectivity index (χ4v) is 3.17. The molecule has 0 spiro atoms. The van der Waals surface area contributed by atoms with Crippen LogP contribution in [-0.2, 0) is 25.7 Å². The number of hydrogen-bond acceptors (Lipinski definition) is 4. The maximum absolute atomic E-state index is 12.9. The van der Waals surface area contributed by atoms with E-state index in [0.717, 1.165) is 49.6 Å². The zero-order chi connectivity index (χ0) is 18.1. The Bertz CT molecular complexity index is 911. The van der Waals surface area contributed by atoms with Gasteiger partial charge in [0.1, 0.15) is 18.1 Å². The van der Waals surface area contributed by atoms with Gasteiger partial charge in [-0.3, -0.25) is 0 Å². The highest BCUT2D eigenvalue weighted by molar-refractivity contribution is 5.58. The maximum Gasteiger partial charge on any atom is 0.416 e.